The number of carbonyl (C=O) groups excluding carboxylic acids is 1. The van der Waals surface area contributed by atoms with Crippen molar-refractivity contribution >= 4 is 32.8 Å². The molecule has 0 aliphatic heterocycles. The number of hydrogen-bond acceptors (Lipinski definition) is 6. The number of unbranched alkanes of at least 4 members (excludes halogenated alkanes) is 1. The van der Waals surface area contributed by atoms with E-state index >= 15 is 0 Å². The Labute approximate surface area is 200 Å². The van der Waals surface area contributed by atoms with E-state index in [4.69, 9.17) is 13.9 Å². The molecule has 0 aliphatic carbocycles. The lowest BCUT2D eigenvalue weighted by Crippen LogP contribution is -2.07. The summed E-state index contributed by atoms with van der Waals surface area (Å²) in [6.45, 7) is 7.50. The Bertz CT molecular complexity index is 1250. The van der Waals surface area contributed by atoms with Crippen molar-refractivity contribution in [3.8, 4) is 17.2 Å². The fraction of sp³-hybridized carbons (Fsp3) is 0.320. The van der Waals surface area contributed by atoms with E-state index in [1.807, 2.05) is 50.2 Å². The Balaban J connectivity index is 1.63. The van der Waals surface area contributed by atoms with Gasteiger partial charge < -0.3 is 18.5 Å². The summed E-state index contributed by atoms with van der Waals surface area (Å²) in [7, 11) is 0. The average Bonchev–Trinajstić information content (AvgIpc) is 3.43. The molecule has 2 aromatic carbocycles. The van der Waals surface area contributed by atoms with Gasteiger partial charge in [-0.05, 0) is 66.0 Å². The third-order valence-corrected chi connectivity index (χ3v) is 6.17. The minimum absolute atomic E-state index is 0.305. The molecule has 0 N–H and O–H groups in total. The number of benzene rings is 2. The molecule has 0 bridgehead atoms. The maximum Gasteiger partial charge on any atom is 0.340 e. The van der Waals surface area contributed by atoms with E-state index in [0.29, 0.717) is 30.4 Å². The van der Waals surface area contributed by atoms with Gasteiger partial charge in [-0.15, -0.1) is 10.2 Å². The van der Waals surface area contributed by atoms with Crippen molar-refractivity contribution in [1.82, 2.24) is 14.8 Å². The van der Waals surface area contributed by atoms with E-state index in [-0.39, 0.29) is 5.97 Å². The predicted octanol–water partition coefficient (Wildman–Crippen LogP) is 6.32. The van der Waals surface area contributed by atoms with Gasteiger partial charge in [-0.3, -0.25) is 0 Å². The minimum atomic E-state index is -0.305. The van der Waals surface area contributed by atoms with Crippen molar-refractivity contribution in [3.63, 3.8) is 0 Å². The summed E-state index contributed by atoms with van der Waals surface area (Å²) in [4.78, 5) is 12.8. The van der Waals surface area contributed by atoms with Crippen LogP contribution < -0.4 is 4.74 Å². The number of hydrogen-bond donors (Lipinski definition) is 0. The number of carbonyl (C=O) groups is 1. The van der Waals surface area contributed by atoms with Crippen LogP contribution in [0.15, 0.2) is 51.7 Å². The van der Waals surface area contributed by atoms with Crippen LogP contribution in [0.3, 0.4) is 0 Å². The molecule has 0 radical (unpaired) electrons. The predicted molar refractivity (Wildman–Crippen MR) is 129 cm³/mol. The van der Waals surface area contributed by atoms with Gasteiger partial charge in [0.15, 0.2) is 0 Å². The van der Waals surface area contributed by atoms with Crippen LogP contribution in [0.2, 0.25) is 0 Å². The molecule has 0 saturated heterocycles. The van der Waals surface area contributed by atoms with Crippen molar-refractivity contribution in [3.05, 3.63) is 64.1 Å². The van der Waals surface area contributed by atoms with Crippen LogP contribution in [0.5, 0.6) is 5.75 Å². The highest BCUT2D eigenvalue weighted by Crippen LogP contribution is 2.36. The van der Waals surface area contributed by atoms with Crippen molar-refractivity contribution < 1.29 is 18.7 Å². The third-order valence-electron chi connectivity index (χ3n) is 5.55. The number of esters is 1. The zero-order chi connectivity index (χ0) is 23.4. The van der Waals surface area contributed by atoms with Gasteiger partial charge in [0.05, 0.1) is 22.2 Å². The molecule has 0 atom stereocenters. The lowest BCUT2D eigenvalue weighted by atomic mass is 10.1. The molecule has 4 aromatic rings. The molecule has 0 spiro atoms. The molecule has 8 heteroatoms. The number of halogens is 1. The number of ether oxygens (including phenoxy) is 2. The normalized spacial score (nSPS) is 11.2. The Hall–Kier alpha value is -3.13. The third kappa shape index (κ3) is 4.80. The number of aryl methyl sites for hydroxylation is 1. The Morgan fingerprint density at radius 1 is 1.18 bits per heavy atom. The summed E-state index contributed by atoms with van der Waals surface area (Å²) in [6, 6.07) is 11.7. The van der Waals surface area contributed by atoms with Gasteiger partial charge in [-0.1, -0.05) is 25.5 Å². The molecule has 2 heterocycles. The van der Waals surface area contributed by atoms with Gasteiger partial charge >= 0.3 is 5.97 Å². The van der Waals surface area contributed by atoms with Crippen LogP contribution in [0.4, 0.5) is 0 Å². The first-order valence-corrected chi connectivity index (χ1v) is 11.8. The van der Waals surface area contributed by atoms with Crippen molar-refractivity contribution in [2.75, 3.05) is 6.61 Å². The summed E-state index contributed by atoms with van der Waals surface area (Å²) in [5.41, 5.74) is 4.35. The molecule has 172 valence electrons. The first kappa shape index (κ1) is 23.0. The highest BCUT2D eigenvalue weighted by Gasteiger charge is 2.22. The first-order chi connectivity index (χ1) is 16.0. The molecule has 4 rings (SSSR count). The van der Waals surface area contributed by atoms with E-state index < -0.39 is 0 Å². The monoisotopic (exact) mass is 511 g/mol. The smallest absolute Gasteiger partial charge is 0.340 e. The fourth-order valence-electron chi connectivity index (χ4n) is 3.86. The summed E-state index contributed by atoms with van der Waals surface area (Å²) in [5.74, 6) is 0.840. The molecule has 0 aliphatic rings. The molecular formula is C25H26BrN3O4. The largest absolute Gasteiger partial charge is 0.488 e. The minimum Gasteiger partial charge on any atom is -0.488 e. The van der Waals surface area contributed by atoms with Gasteiger partial charge in [0.2, 0.25) is 12.3 Å². The second-order valence-corrected chi connectivity index (χ2v) is 8.57. The molecular weight excluding hydrogens is 486 g/mol. The van der Waals surface area contributed by atoms with Crippen molar-refractivity contribution in [2.24, 2.45) is 0 Å². The zero-order valence-electron chi connectivity index (χ0n) is 18.9. The van der Waals surface area contributed by atoms with E-state index in [1.54, 1.807) is 0 Å². The lowest BCUT2D eigenvalue weighted by molar-refractivity contribution is 0.0527. The summed E-state index contributed by atoms with van der Waals surface area (Å²) in [6.07, 6.45) is 3.41. The SMILES string of the molecule is CCCCn1c(C)c(C(=O)OCC)c2cc(OCc3ccc(-c4nnco4)cc3)c(Br)cc21. The number of aromatic nitrogens is 3. The van der Waals surface area contributed by atoms with Gasteiger partial charge in [-0.25, -0.2) is 4.79 Å². The van der Waals surface area contributed by atoms with E-state index in [1.165, 1.54) is 6.39 Å². The van der Waals surface area contributed by atoms with Crippen LogP contribution in [-0.4, -0.2) is 27.3 Å². The topological polar surface area (TPSA) is 79.4 Å². The van der Waals surface area contributed by atoms with E-state index in [0.717, 1.165) is 51.6 Å². The number of nitrogens with zero attached hydrogens (tertiary/aromatic N) is 3. The maximum absolute atomic E-state index is 12.8. The standard InChI is InChI=1S/C25H26BrN3O4/c1-4-6-11-29-16(3)23(25(30)31-5-2)19-12-22(20(26)13-21(19)29)32-14-17-7-9-18(10-8-17)24-28-27-15-33-24/h7-10,12-13,15H,4-6,11,14H2,1-3H3. The molecule has 0 fully saturated rings. The molecule has 7 nitrogen and oxygen atoms in total. The van der Waals surface area contributed by atoms with Gasteiger partial charge in [0.1, 0.15) is 12.4 Å². The molecule has 0 unspecified atom stereocenters. The van der Waals surface area contributed by atoms with Crippen LogP contribution >= 0.6 is 15.9 Å². The van der Waals surface area contributed by atoms with Crippen molar-refractivity contribution in [2.45, 2.75) is 46.8 Å². The second kappa shape index (κ2) is 10.2. The average molecular weight is 512 g/mol. The number of fused-ring (bicyclic) bond motifs is 1. The Morgan fingerprint density at radius 3 is 2.64 bits per heavy atom. The Morgan fingerprint density at radius 2 is 1.97 bits per heavy atom. The van der Waals surface area contributed by atoms with E-state index in [2.05, 4.69) is 37.6 Å². The molecule has 33 heavy (non-hydrogen) atoms. The maximum atomic E-state index is 12.8. The van der Waals surface area contributed by atoms with Crippen LogP contribution in [0.1, 0.15) is 48.3 Å². The quantitative estimate of drug-likeness (QED) is 0.244. The van der Waals surface area contributed by atoms with Gasteiger partial charge in [0, 0.05) is 23.2 Å². The second-order valence-electron chi connectivity index (χ2n) is 7.72. The van der Waals surface area contributed by atoms with Crippen LogP contribution in [0, 0.1) is 6.92 Å². The lowest BCUT2D eigenvalue weighted by Gasteiger charge is -2.11. The van der Waals surface area contributed by atoms with Gasteiger partial charge in [0.25, 0.3) is 0 Å². The highest BCUT2D eigenvalue weighted by molar-refractivity contribution is 9.10. The molecule has 0 saturated carbocycles. The fourth-order valence-corrected chi connectivity index (χ4v) is 4.30. The van der Waals surface area contributed by atoms with Crippen molar-refractivity contribution in [1.29, 1.82) is 0 Å². The van der Waals surface area contributed by atoms with E-state index in [9.17, 15) is 4.79 Å². The zero-order valence-corrected chi connectivity index (χ0v) is 20.5. The molecule has 2 aromatic heterocycles. The number of rotatable bonds is 9. The summed E-state index contributed by atoms with van der Waals surface area (Å²) >= 11 is 3.65. The molecule has 0 amide bonds. The summed E-state index contributed by atoms with van der Waals surface area (Å²) < 4.78 is 19.7. The van der Waals surface area contributed by atoms with Crippen LogP contribution in [-0.2, 0) is 17.9 Å². The first-order valence-electron chi connectivity index (χ1n) is 11.0. The van der Waals surface area contributed by atoms with Gasteiger partial charge in [-0.2, -0.15) is 0 Å². The summed E-state index contributed by atoms with van der Waals surface area (Å²) in [5, 5.41) is 8.46. The highest BCUT2D eigenvalue weighted by atomic mass is 79.9. The Kier molecular flexibility index (Phi) is 7.13. The van der Waals surface area contributed by atoms with Crippen LogP contribution in [0.25, 0.3) is 22.4 Å².